The van der Waals surface area contributed by atoms with Gasteiger partial charge in [-0.05, 0) is 49.9 Å². The summed E-state index contributed by atoms with van der Waals surface area (Å²) in [5.74, 6) is 0. The van der Waals surface area contributed by atoms with Crippen LogP contribution in [0.2, 0.25) is 0 Å². The standard InChI is InChI=1S/C16H22N2/c1-5-7-17-14-10-13(6-2)18-15-9-11(3)8-12(4)16(14)15/h8-10H,5-7H2,1-4H3,(H,17,18). The topological polar surface area (TPSA) is 24.9 Å². The summed E-state index contributed by atoms with van der Waals surface area (Å²) in [6.07, 6.45) is 2.11. The number of nitrogens with zero attached hydrogens (tertiary/aromatic N) is 1. The van der Waals surface area contributed by atoms with Crippen LogP contribution in [0.15, 0.2) is 18.2 Å². The highest BCUT2D eigenvalue weighted by molar-refractivity contribution is 5.94. The van der Waals surface area contributed by atoms with Gasteiger partial charge in [0.1, 0.15) is 0 Å². The van der Waals surface area contributed by atoms with Gasteiger partial charge >= 0.3 is 0 Å². The van der Waals surface area contributed by atoms with Crippen LogP contribution < -0.4 is 5.32 Å². The molecule has 1 N–H and O–H groups in total. The van der Waals surface area contributed by atoms with Crippen molar-refractivity contribution < 1.29 is 0 Å². The molecule has 0 fully saturated rings. The van der Waals surface area contributed by atoms with Gasteiger partial charge in [0.25, 0.3) is 0 Å². The monoisotopic (exact) mass is 242 g/mol. The Morgan fingerprint density at radius 1 is 1.11 bits per heavy atom. The molecule has 2 rings (SSSR count). The molecule has 96 valence electrons. The highest BCUT2D eigenvalue weighted by Crippen LogP contribution is 2.28. The molecular weight excluding hydrogens is 220 g/mol. The van der Waals surface area contributed by atoms with Gasteiger partial charge in [-0.2, -0.15) is 0 Å². The van der Waals surface area contributed by atoms with Crippen LogP contribution in [0.3, 0.4) is 0 Å². The van der Waals surface area contributed by atoms with Crippen molar-refractivity contribution in [1.29, 1.82) is 0 Å². The van der Waals surface area contributed by atoms with E-state index in [1.165, 1.54) is 22.2 Å². The average Bonchev–Trinajstić information content (AvgIpc) is 2.34. The lowest BCUT2D eigenvalue weighted by Crippen LogP contribution is -2.03. The van der Waals surface area contributed by atoms with Crippen LogP contribution in [-0.2, 0) is 6.42 Å². The van der Waals surface area contributed by atoms with Crippen molar-refractivity contribution in [1.82, 2.24) is 4.98 Å². The Morgan fingerprint density at radius 2 is 1.89 bits per heavy atom. The van der Waals surface area contributed by atoms with Gasteiger partial charge in [-0.15, -0.1) is 0 Å². The lowest BCUT2D eigenvalue weighted by molar-refractivity contribution is 0.977. The number of fused-ring (bicyclic) bond motifs is 1. The maximum absolute atomic E-state index is 4.74. The van der Waals surface area contributed by atoms with Crippen molar-refractivity contribution in [3.05, 3.63) is 35.0 Å². The Kier molecular flexibility index (Phi) is 3.85. The first-order valence-corrected chi connectivity index (χ1v) is 6.80. The smallest absolute Gasteiger partial charge is 0.0731 e. The summed E-state index contributed by atoms with van der Waals surface area (Å²) in [6, 6.07) is 6.60. The van der Waals surface area contributed by atoms with Crippen LogP contribution in [0.5, 0.6) is 0 Å². The van der Waals surface area contributed by atoms with Gasteiger partial charge in [-0.25, -0.2) is 0 Å². The fourth-order valence-electron chi connectivity index (χ4n) is 2.39. The molecule has 18 heavy (non-hydrogen) atoms. The molecule has 2 aromatic rings. The van der Waals surface area contributed by atoms with E-state index in [1.54, 1.807) is 0 Å². The summed E-state index contributed by atoms with van der Waals surface area (Å²) in [5, 5.41) is 4.80. The third-order valence-corrected chi connectivity index (χ3v) is 3.23. The number of aromatic nitrogens is 1. The van der Waals surface area contributed by atoms with E-state index in [0.717, 1.165) is 30.6 Å². The summed E-state index contributed by atoms with van der Waals surface area (Å²) < 4.78 is 0. The Bertz CT molecular complexity index is 559. The van der Waals surface area contributed by atoms with E-state index >= 15 is 0 Å². The predicted molar refractivity (Wildman–Crippen MR) is 79.4 cm³/mol. The highest BCUT2D eigenvalue weighted by atomic mass is 14.9. The lowest BCUT2D eigenvalue weighted by Gasteiger charge is -2.13. The van der Waals surface area contributed by atoms with E-state index in [2.05, 4.69) is 51.2 Å². The molecule has 1 heterocycles. The van der Waals surface area contributed by atoms with Crippen LogP contribution in [0.25, 0.3) is 10.9 Å². The van der Waals surface area contributed by atoms with Gasteiger partial charge in [-0.3, -0.25) is 4.98 Å². The molecule has 0 amide bonds. The maximum Gasteiger partial charge on any atom is 0.0731 e. The second-order valence-corrected chi connectivity index (χ2v) is 4.92. The normalized spacial score (nSPS) is 10.9. The number of aryl methyl sites for hydroxylation is 3. The molecule has 0 bridgehead atoms. The fraction of sp³-hybridized carbons (Fsp3) is 0.438. The zero-order chi connectivity index (χ0) is 13.1. The third-order valence-electron chi connectivity index (χ3n) is 3.23. The summed E-state index contributed by atoms with van der Waals surface area (Å²) in [5.41, 5.74) is 6.09. The quantitative estimate of drug-likeness (QED) is 0.867. The zero-order valence-electron chi connectivity index (χ0n) is 11.8. The van der Waals surface area contributed by atoms with Crippen molar-refractivity contribution in [3.8, 4) is 0 Å². The fourth-order valence-corrected chi connectivity index (χ4v) is 2.39. The van der Waals surface area contributed by atoms with Gasteiger partial charge in [-0.1, -0.05) is 19.9 Å². The number of hydrogen-bond donors (Lipinski definition) is 1. The van der Waals surface area contributed by atoms with Crippen LogP contribution in [0, 0.1) is 13.8 Å². The van der Waals surface area contributed by atoms with E-state index in [0.29, 0.717) is 0 Å². The third kappa shape index (κ3) is 2.47. The molecule has 0 spiro atoms. The second kappa shape index (κ2) is 5.38. The maximum atomic E-state index is 4.74. The van der Waals surface area contributed by atoms with Gasteiger partial charge in [0, 0.05) is 23.3 Å². The first kappa shape index (κ1) is 12.9. The van der Waals surface area contributed by atoms with Gasteiger partial charge in [0.2, 0.25) is 0 Å². The summed E-state index contributed by atoms with van der Waals surface area (Å²) in [7, 11) is 0. The molecule has 0 atom stereocenters. The van der Waals surface area contributed by atoms with Gasteiger partial charge < -0.3 is 5.32 Å². The summed E-state index contributed by atoms with van der Waals surface area (Å²) in [4.78, 5) is 4.74. The van der Waals surface area contributed by atoms with Crippen LogP contribution in [0.4, 0.5) is 5.69 Å². The van der Waals surface area contributed by atoms with Gasteiger partial charge in [0.05, 0.1) is 5.52 Å². The van der Waals surface area contributed by atoms with E-state index < -0.39 is 0 Å². The van der Waals surface area contributed by atoms with Crippen LogP contribution >= 0.6 is 0 Å². The Hall–Kier alpha value is -1.57. The van der Waals surface area contributed by atoms with E-state index in [1.807, 2.05) is 0 Å². The van der Waals surface area contributed by atoms with E-state index in [4.69, 9.17) is 4.98 Å². The Morgan fingerprint density at radius 3 is 2.56 bits per heavy atom. The van der Waals surface area contributed by atoms with Crippen molar-refractivity contribution in [3.63, 3.8) is 0 Å². The molecule has 2 nitrogen and oxygen atoms in total. The molecule has 1 aromatic carbocycles. The molecule has 0 aliphatic rings. The first-order chi connectivity index (χ1) is 8.65. The van der Waals surface area contributed by atoms with Gasteiger partial charge in [0.15, 0.2) is 0 Å². The second-order valence-electron chi connectivity index (χ2n) is 4.92. The minimum atomic E-state index is 0.976. The number of hydrogen-bond acceptors (Lipinski definition) is 2. The minimum Gasteiger partial charge on any atom is -0.384 e. The molecule has 0 unspecified atom stereocenters. The number of benzene rings is 1. The van der Waals surface area contributed by atoms with Crippen molar-refractivity contribution in [2.24, 2.45) is 0 Å². The Balaban J connectivity index is 2.64. The molecule has 1 aromatic heterocycles. The summed E-state index contributed by atoms with van der Waals surface area (Å²) >= 11 is 0. The first-order valence-electron chi connectivity index (χ1n) is 6.80. The SMILES string of the molecule is CCCNc1cc(CC)nc2cc(C)cc(C)c12. The molecule has 0 aliphatic heterocycles. The van der Waals surface area contributed by atoms with Crippen molar-refractivity contribution >= 4 is 16.6 Å². The predicted octanol–water partition coefficient (Wildman–Crippen LogP) is 4.24. The van der Waals surface area contributed by atoms with Crippen LogP contribution in [0.1, 0.15) is 37.1 Å². The number of anilines is 1. The number of rotatable bonds is 4. The molecule has 0 radical (unpaired) electrons. The molecule has 0 aliphatic carbocycles. The van der Waals surface area contributed by atoms with Crippen molar-refractivity contribution in [2.75, 3.05) is 11.9 Å². The highest BCUT2D eigenvalue weighted by Gasteiger charge is 2.08. The number of pyridine rings is 1. The van der Waals surface area contributed by atoms with E-state index in [-0.39, 0.29) is 0 Å². The largest absolute Gasteiger partial charge is 0.384 e. The average molecular weight is 242 g/mol. The Labute approximate surface area is 109 Å². The van der Waals surface area contributed by atoms with Crippen molar-refractivity contribution in [2.45, 2.75) is 40.5 Å². The molecule has 2 heteroatoms. The molecular formula is C16H22N2. The zero-order valence-corrected chi connectivity index (χ0v) is 11.8. The molecule has 0 saturated carbocycles. The van der Waals surface area contributed by atoms with E-state index in [9.17, 15) is 0 Å². The van der Waals surface area contributed by atoms with Crippen LogP contribution in [-0.4, -0.2) is 11.5 Å². The minimum absolute atomic E-state index is 0.976. The molecule has 0 saturated heterocycles. The summed E-state index contributed by atoms with van der Waals surface area (Å²) in [6.45, 7) is 9.65. The number of nitrogens with one attached hydrogen (secondary N) is 1. The lowest BCUT2D eigenvalue weighted by atomic mass is 10.0.